The average Bonchev–Trinajstić information content (AvgIpc) is 2.27. The summed E-state index contributed by atoms with van der Waals surface area (Å²) >= 11 is 0. The topological polar surface area (TPSA) is 29.5 Å². The molecule has 2 heteroatoms. The summed E-state index contributed by atoms with van der Waals surface area (Å²) in [4.78, 5) is 0. The molecule has 82 valence electrons. The lowest BCUT2D eigenvalue weighted by molar-refractivity contribution is 0.153. The van der Waals surface area contributed by atoms with E-state index in [0.29, 0.717) is 5.92 Å². The largest absolute Gasteiger partial charge is 0.497 e. The standard InChI is InChI=1S/C13H18O2/c1-9(14)12-5-3-4-10-8-11(15-2)6-7-13(10)12/h6-9,12,14H,3-5H2,1-2H3. The highest BCUT2D eigenvalue weighted by Crippen LogP contribution is 2.35. The van der Waals surface area contributed by atoms with Crippen LogP contribution in [-0.4, -0.2) is 18.3 Å². The van der Waals surface area contributed by atoms with Crippen molar-refractivity contribution in [2.24, 2.45) is 0 Å². The first-order chi connectivity index (χ1) is 7.22. The minimum Gasteiger partial charge on any atom is -0.497 e. The van der Waals surface area contributed by atoms with Gasteiger partial charge >= 0.3 is 0 Å². The molecule has 0 spiro atoms. The van der Waals surface area contributed by atoms with E-state index in [4.69, 9.17) is 4.74 Å². The Kier molecular flexibility index (Phi) is 2.96. The Morgan fingerprint density at radius 2 is 2.27 bits per heavy atom. The average molecular weight is 206 g/mol. The third-order valence-corrected chi connectivity index (χ3v) is 3.29. The summed E-state index contributed by atoms with van der Waals surface area (Å²) in [5.74, 6) is 1.22. The maximum Gasteiger partial charge on any atom is 0.119 e. The predicted octanol–water partition coefficient (Wildman–Crippen LogP) is 2.50. The third-order valence-electron chi connectivity index (χ3n) is 3.29. The monoisotopic (exact) mass is 206 g/mol. The van der Waals surface area contributed by atoms with Crippen molar-refractivity contribution in [3.05, 3.63) is 29.3 Å². The number of methoxy groups -OCH3 is 1. The molecule has 15 heavy (non-hydrogen) atoms. The molecule has 0 aliphatic heterocycles. The molecule has 2 unspecified atom stereocenters. The van der Waals surface area contributed by atoms with Crippen LogP contribution in [0.2, 0.25) is 0 Å². The summed E-state index contributed by atoms with van der Waals surface area (Å²) in [6.45, 7) is 1.88. The van der Waals surface area contributed by atoms with Crippen molar-refractivity contribution in [3.8, 4) is 5.75 Å². The van der Waals surface area contributed by atoms with Gasteiger partial charge in [0, 0.05) is 5.92 Å². The van der Waals surface area contributed by atoms with Crippen LogP contribution in [0.1, 0.15) is 36.8 Å². The number of benzene rings is 1. The fourth-order valence-electron chi connectivity index (χ4n) is 2.46. The van der Waals surface area contributed by atoms with Gasteiger partial charge < -0.3 is 9.84 Å². The molecule has 0 bridgehead atoms. The Balaban J connectivity index is 2.36. The van der Waals surface area contributed by atoms with Gasteiger partial charge in [-0.15, -0.1) is 0 Å². The van der Waals surface area contributed by atoms with Gasteiger partial charge in [0.25, 0.3) is 0 Å². The van der Waals surface area contributed by atoms with Gasteiger partial charge in [-0.05, 0) is 49.4 Å². The molecule has 0 amide bonds. The van der Waals surface area contributed by atoms with E-state index in [1.807, 2.05) is 13.0 Å². The Bertz CT molecular complexity index is 344. The molecule has 0 aromatic heterocycles. The van der Waals surface area contributed by atoms with Crippen LogP contribution in [0.25, 0.3) is 0 Å². The normalized spacial score (nSPS) is 21.9. The van der Waals surface area contributed by atoms with Gasteiger partial charge in [-0.3, -0.25) is 0 Å². The number of hydrogen-bond donors (Lipinski definition) is 1. The Hall–Kier alpha value is -1.02. The van der Waals surface area contributed by atoms with E-state index in [-0.39, 0.29) is 6.10 Å². The smallest absolute Gasteiger partial charge is 0.119 e. The van der Waals surface area contributed by atoms with Gasteiger partial charge in [-0.2, -0.15) is 0 Å². The minimum atomic E-state index is -0.252. The zero-order chi connectivity index (χ0) is 10.8. The molecule has 1 aromatic carbocycles. The summed E-state index contributed by atoms with van der Waals surface area (Å²) in [6.07, 6.45) is 3.11. The summed E-state index contributed by atoms with van der Waals surface area (Å²) in [5.41, 5.74) is 2.64. The van der Waals surface area contributed by atoms with E-state index in [2.05, 4.69) is 12.1 Å². The molecule has 2 rings (SSSR count). The molecule has 1 aliphatic carbocycles. The van der Waals surface area contributed by atoms with Crippen molar-refractivity contribution >= 4 is 0 Å². The van der Waals surface area contributed by atoms with Crippen molar-refractivity contribution in [3.63, 3.8) is 0 Å². The molecule has 0 fully saturated rings. The Morgan fingerprint density at radius 3 is 2.93 bits per heavy atom. The zero-order valence-corrected chi connectivity index (χ0v) is 9.36. The van der Waals surface area contributed by atoms with Crippen molar-refractivity contribution in [1.82, 2.24) is 0 Å². The van der Waals surface area contributed by atoms with Crippen molar-refractivity contribution in [2.45, 2.75) is 38.2 Å². The van der Waals surface area contributed by atoms with E-state index in [0.717, 1.165) is 25.0 Å². The van der Waals surface area contributed by atoms with Crippen LogP contribution in [-0.2, 0) is 6.42 Å². The van der Waals surface area contributed by atoms with E-state index < -0.39 is 0 Å². The van der Waals surface area contributed by atoms with E-state index >= 15 is 0 Å². The van der Waals surface area contributed by atoms with Crippen molar-refractivity contribution in [2.75, 3.05) is 7.11 Å². The lowest BCUT2D eigenvalue weighted by Gasteiger charge is -2.27. The maximum absolute atomic E-state index is 9.72. The molecule has 2 nitrogen and oxygen atoms in total. The Labute approximate surface area is 90.9 Å². The maximum atomic E-state index is 9.72. The zero-order valence-electron chi connectivity index (χ0n) is 9.36. The second-order valence-electron chi connectivity index (χ2n) is 4.30. The van der Waals surface area contributed by atoms with E-state index in [9.17, 15) is 5.11 Å². The molecular weight excluding hydrogens is 188 g/mol. The van der Waals surface area contributed by atoms with Crippen LogP contribution < -0.4 is 4.74 Å². The molecule has 1 aliphatic rings. The van der Waals surface area contributed by atoms with Crippen molar-refractivity contribution in [1.29, 1.82) is 0 Å². The van der Waals surface area contributed by atoms with Gasteiger partial charge in [-0.1, -0.05) is 6.07 Å². The van der Waals surface area contributed by atoms with Gasteiger partial charge in [0.1, 0.15) is 5.75 Å². The van der Waals surface area contributed by atoms with E-state index in [1.54, 1.807) is 7.11 Å². The second-order valence-corrected chi connectivity index (χ2v) is 4.30. The number of rotatable bonds is 2. The lowest BCUT2D eigenvalue weighted by Crippen LogP contribution is -2.20. The van der Waals surface area contributed by atoms with E-state index in [1.165, 1.54) is 11.1 Å². The SMILES string of the molecule is COc1ccc2c(c1)CCCC2C(C)O. The van der Waals surface area contributed by atoms with Gasteiger partial charge in [0.15, 0.2) is 0 Å². The molecule has 1 aromatic rings. The number of aliphatic hydroxyl groups is 1. The van der Waals surface area contributed by atoms with Crippen LogP contribution in [0, 0.1) is 0 Å². The Morgan fingerprint density at radius 1 is 1.47 bits per heavy atom. The number of fused-ring (bicyclic) bond motifs is 1. The highest BCUT2D eigenvalue weighted by atomic mass is 16.5. The van der Waals surface area contributed by atoms with Gasteiger partial charge in [-0.25, -0.2) is 0 Å². The minimum absolute atomic E-state index is 0.252. The second kappa shape index (κ2) is 4.23. The summed E-state index contributed by atoms with van der Waals surface area (Å²) in [5, 5.41) is 9.72. The highest BCUT2D eigenvalue weighted by Gasteiger charge is 2.23. The predicted molar refractivity (Wildman–Crippen MR) is 60.4 cm³/mol. The van der Waals surface area contributed by atoms with Crippen LogP contribution in [0.15, 0.2) is 18.2 Å². The highest BCUT2D eigenvalue weighted by molar-refractivity contribution is 5.39. The van der Waals surface area contributed by atoms with Crippen LogP contribution in [0.5, 0.6) is 5.75 Å². The fourth-order valence-corrected chi connectivity index (χ4v) is 2.46. The molecule has 2 atom stereocenters. The number of aryl methyl sites for hydroxylation is 1. The lowest BCUT2D eigenvalue weighted by atomic mass is 9.80. The van der Waals surface area contributed by atoms with Crippen molar-refractivity contribution < 1.29 is 9.84 Å². The number of hydrogen-bond acceptors (Lipinski definition) is 2. The summed E-state index contributed by atoms with van der Waals surface area (Å²) < 4.78 is 5.21. The number of aliphatic hydroxyl groups excluding tert-OH is 1. The first-order valence-electron chi connectivity index (χ1n) is 5.57. The van der Waals surface area contributed by atoms with Crippen LogP contribution >= 0.6 is 0 Å². The molecule has 0 radical (unpaired) electrons. The van der Waals surface area contributed by atoms with Crippen LogP contribution in [0.4, 0.5) is 0 Å². The van der Waals surface area contributed by atoms with Gasteiger partial charge in [0.2, 0.25) is 0 Å². The molecule has 0 saturated heterocycles. The summed E-state index contributed by atoms with van der Waals surface area (Å²) in [6, 6.07) is 6.19. The molecule has 1 N–H and O–H groups in total. The quantitative estimate of drug-likeness (QED) is 0.805. The first kappa shape index (κ1) is 10.5. The first-order valence-corrected chi connectivity index (χ1v) is 5.57. The number of ether oxygens (including phenoxy) is 1. The third kappa shape index (κ3) is 2.00. The van der Waals surface area contributed by atoms with Crippen LogP contribution in [0.3, 0.4) is 0 Å². The molecular formula is C13H18O2. The molecule has 0 heterocycles. The fraction of sp³-hybridized carbons (Fsp3) is 0.538. The van der Waals surface area contributed by atoms with Gasteiger partial charge in [0.05, 0.1) is 13.2 Å². The molecule has 0 saturated carbocycles. The summed E-state index contributed by atoms with van der Waals surface area (Å²) in [7, 11) is 1.69.